The van der Waals surface area contributed by atoms with E-state index in [4.69, 9.17) is 10.7 Å². The van der Waals surface area contributed by atoms with Gasteiger partial charge < -0.3 is 10.6 Å². The lowest BCUT2D eigenvalue weighted by Crippen LogP contribution is -2.39. The predicted molar refractivity (Wildman–Crippen MR) is 132 cm³/mol. The van der Waals surface area contributed by atoms with Crippen LogP contribution in [0.5, 0.6) is 0 Å². The van der Waals surface area contributed by atoms with E-state index in [1.54, 1.807) is 0 Å². The van der Waals surface area contributed by atoms with E-state index >= 15 is 0 Å². The first-order valence-electron chi connectivity index (χ1n) is 11.9. The van der Waals surface area contributed by atoms with E-state index in [1.165, 1.54) is 59.0 Å². The van der Waals surface area contributed by atoms with E-state index < -0.39 is 0 Å². The van der Waals surface area contributed by atoms with E-state index in [9.17, 15) is 0 Å². The number of benzene rings is 1. The van der Waals surface area contributed by atoms with Gasteiger partial charge in [-0.25, -0.2) is 0 Å². The summed E-state index contributed by atoms with van der Waals surface area (Å²) in [6.07, 6.45) is 13.1. The Balaban J connectivity index is 1.30. The fourth-order valence-electron chi connectivity index (χ4n) is 5.53. The van der Waals surface area contributed by atoms with Crippen LogP contribution in [0, 0.1) is 5.92 Å². The Morgan fingerprint density at radius 2 is 1.97 bits per heavy atom. The summed E-state index contributed by atoms with van der Waals surface area (Å²) >= 11 is 1.85. The van der Waals surface area contributed by atoms with Crippen LogP contribution in [0.1, 0.15) is 62.1 Å². The van der Waals surface area contributed by atoms with Crippen LogP contribution >= 0.6 is 11.3 Å². The van der Waals surface area contributed by atoms with Crippen LogP contribution in [0.3, 0.4) is 0 Å². The lowest BCUT2D eigenvalue weighted by Gasteiger charge is -2.34. The molecule has 2 N–H and O–H groups in total. The fourth-order valence-corrected chi connectivity index (χ4v) is 6.47. The number of hydrogen-bond donors (Lipinski definition) is 1. The number of fused-ring (bicyclic) bond motifs is 1. The van der Waals surface area contributed by atoms with Crippen LogP contribution in [0.2, 0.25) is 0 Å². The van der Waals surface area contributed by atoms with Crippen LogP contribution in [0.4, 0.5) is 0 Å². The number of rotatable bonds is 7. The second kappa shape index (κ2) is 9.54. The van der Waals surface area contributed by atoms with Gasteiger partial charge in [0.15, 0.2) is 0 Å². The molecule has 1 aliphatic heterocycles. The SMILES string of the molecule is NC(C1CCCCC1)C(CCN1C=C(c2cccc3ccsc23)CC1)c1ccccn1. The Bertz CT molecular complexity index is 1020. The van der Waals surface area contributed by atoms with E-state index in [0.29, 0.717) is 11.8 Å². The van der Waals surface area contributed by atoms with Gasteiger partial charge in [-0.3, -0.25) is 4.98 Å². The molecule has 1 saturated carbocycles. The third-order valence-electron chi connectivity index (χ3n) is 7.29. The summed E-state index contributed by atoms with van der Waals surface area (Å²) in [7, 11) is 0. The Labute approximate surface area is 190 Å². The van der Waals surface area contributed by atoms with Gasteiger partial charge in [-0.1, -0.05) is 43.5 Å². The fraction of sp³-hybridized carbons (Fsp3) is 0.444. The molecule has 0 spiro atoms. The molecule has 2 unspecified atom stereocenters. The minimum atomic E-state index is 0.209. The van der Waals surface area contributed by atoms with Gasteiger partial charge in [0.2, 0.25) is 0 Å². The summed E-state index contributed by atoms with van der Waals surface area (Å²) in [5, 5.41) is 3.56. The monoisotopic (exact) mass is 431 g/mol. The van der Waals surface area contributed by atoms with E-state index in [2.05, 4.69) is 52.9 Å². The number of nitrogens with zero attached hydrogens (tertiary/aromatic N) is 2. The molecule has 5 rings (SSSR count). The minimum absolute atomic E-state index is 0.209. The molecule has 1 fully saturated rings. The van der Waals surface area contributed by atoms with Gasteiger partial charge in [0.05, 0.1) is 0 Å². The Kier molecular flexibility index (Phi) is 6.37. The van der Waals surface area contributed by atoms with Crippen LogP contribution in [-0.2, 0) is 0 Å². The molecule has 0 radical (unpaired) electrons. The lowest BCUT2D eigenvalue weighted by atomic mass is 9.77. The molecule has 1 aliphatic carbocycles. The number of pyridine rings is 1. The number of nitrogens with two attached hydrogens (primary N) is 1. The molecule has 0 amide bonds. The van der Waals surface area contributed by atoms with Crippen molar-refractivity contribution in [3.63, 3.8) is 0 Å². The highest BCUT2D eigenvalue weighted by atomic mass is 32.1. The zero-order valence-electron chi connectivity index (χ0n) is 18.2. The van der Waals surface area contributed by atoms with Gasteiger partial charge in [0.1, 0.15) is 0 Å². The van der Waals surface area contributed by atoms with Crippen LogP contribution < -0.4 is 5.73 Å². The van der Waals surface area contributed by atoms with Crippen LogP contribution in [0.15, 0.2) is 60.2 Å². The largest absolute Gasteiger partial charge is 0.377 e. The van der Waals surface area contributed by atoms with Gasteiger partial charge in [-0.15, -0.1) is 11.3 Å². The van der Waals surface area contributed by atoms with Crippen molar-refractivity contribution in [2.45, 2.75) is 56.9 Å². The maximum Gasteiger partial charge on any atom is 0.0450 e. The van der Waals surface area contributed by atoms with Crippen LogP contribution in [-0.4, -0.2) is 29.0 Å². The predicted octanol–water partition coefficient (Wildman–Crippen LogP) is 6.42. The Morgan fingerprint density at radius 3 is 2.81 bits per heavy atom. The third kappa shape index (κ3) is 4.56. The quantitative estimate of drug-likeness (QED) is 0.469. The first-order chi connectivity index (χ1) is 15.3. The topological polar surface area (TPSA) is 42.1 Å². The lowest BCUT2D eigenvalue weighted by molar-refractivity contribution is 0.258. The number of thiophene rings is 1. The Hall–Kier alpha value is -2.17. The van der Waals surface area contributed by atoms with Gasteiger partial charge in [0, 0.05) is 47.8 Å². The summed E-state index contributed by atoms with van der Waals surface area (Å²) in [4.78, 5) is 7.22. The normalized spacial score (nSPS) is 19.5. The molecule has 3 nitrogen and oxygen atoms in total. The van der Waals surface area contributed by atoms with Crippen molar-refractivity contribution in [2.24, 2.45) is 11.7 Å². The highest BCUT2D eigenvalue weighted by Gasteiger charge is 2.30. The molecule has 3 aromatic rings. The standard InChI is InChI=1S/C27H33N3S/c28-26(20-7-2-1-3-8-20)24(25-11-4-5-15-29-25)13-17-30-16-12-22(19-30)23-10-6-9-21-14-18-31-27(21)23/h4-6,9-11,14-15,18-20,24,26H,1-3,7-8,12-13,16-17,28H2. The summed E-state index contributed by atoms with van der Waals surface area (Å²) in [6.45, 7) is 2.15. The zero-order chi connectivity index (χ0) is 21.0. The van der Waals surface area contributed by atoms with Gasteiger partial charge >= 0.3 is 0 Å². The van der Waals surface area contributed by atoms with Crippen molar-refractivity contribution in [3.8, 4) is 0 Å². The molecule has 2 atom stereocenters. The zero-order valence-corrected chi connectivity index (χ0v) is 19.1. The highest BCUT2D eigenvalue weighted by Crippen LogP contribution is 2.36. The molecule has 31 heavy (non-hydrogen) atoms. The van der Waals surface area contributed by atoms with E-state index in [0.717, 1.165) is 25.9 Å². The van der Waals surface area contributed by atoms with Gasteiger partial charge in [0.25, 0.3) is 0 Å². The number of hydrogen-bond acceptors (Lipinski definition) is 4. The summed E-state index contributed by atoms with van der Waals surface area (Å²) < 4.78 is 1.42. The van der Waals surface area contributed by atoms with E-state index in [-0.39, 0.29) is 6.04 Å². The summed E-state index contributed by atoms with van der Waals surface area (Å²) in [6, 6.07) is 15.4. The molecule has 1 aromatic carbocycles. The van der Waals surface area contributed by atoms with Crippen molar-refractivity contribution in [2.75, 3.05) is 13.1 Å². The molecular formula is C27H33N3S. The third-order valence-corrected chi connectivity index (χ3v) is 8.25. The van der Waals surface area contributed by atoms with Crippen molar-refractivity contribution in [1.82, 2.24) is 9.88 Å². The van der Waals surface area contributed by atoms with Crippen LogP contribution in [0.25, 0.3) is 15.7 Å². The van der Waals surface area contributed by atoms with Crippen molar-refractivity contribution < 1.29 is 0 Å². The maximum absolute atomic E-state index is 6.91. The number of aromatic nitrogens is 1. The molecule has 0 bridgehead atoms. The molecule has 4 heteroatoms. The van der Waals surface area contributed by atoms with E-state index in [1.807, 2.05) is 23.6 Å². The smallest absolute Gasteiger partial charge is 0.0450 e. The highest BCUT2D eigenvalue weighted by molar-refractivity contribution is 7.17. The molecule has 162 valence electrons. The molecule has 0 saturated heterocycles. The van der Waals surface area contributed by atoms with Gasteiger partial charge in [-0.2, -0.15) is 0 Å². The summed E-state index contributed by atoms with van der Waals surface area (Å²) in [5.41, 5.74) is 11.0. The average molecular weight is 432 g/mol. The first-order valence-corrected chi connectivity index (χ1v) is 12.8. The first kappa shape index (κ1) is 20.7. The molecule has 3 heterocycles. The van der Waals surface area contributed by atoms with Crippen molar-refractivity contribution >= 4 is 27.0 Å². The average Bonchev–Trinajstić information content (AvgIpc) is 3.50. The molecular weight excluding hydrogens is 398 g/mol. The maximum atomic E-state index is 6.91. The van der Waals surface area contributed by atoms with Crippen molar-refractivity contribution in [3.05, 3.63) is 71.5 Å². The molecule has 2 aromatic heterocycles. The minimum Gasteiger partial charge on any atom is -0.377 e. The summed E-state index contributed by atoms with van der Waals surface area (Å²) in [5.74, 6) is 0.976. The second-order valence-electron chi connectivity index (χ2n) is 9.21. The second-order valence-corrected chi connectivity index (χ2v) is 10.1. The van der Waals surface area contributed by atoms with Crippen molar-refractivity contribution in [1.29, 1.82) is 0 Å². The Morgan fingerprint density at radius 1 is 1.06 bits per heavy atom. The molecule has 2 aliphatic rings. The van der Waals surface area contributed by atoms with Gasteiger partial charge in [-0.05, 0) is 71.7 Å².